The molecular formula is C26H21FN2O4S2. The first-order chi connectivity index (χ1) is 17.0. The van der Waals surface area contributed by atoms with Crippen LogP contribution in [0.1, 0.15) is 22.8 Å². The average molecular weight is 509 g/mol. The maximum Gasteiger partial charge on any atom is 0.305 e. The number of aromatic nitrogens is 1. The zero-order chi connectivity index (χ0) is 24.0. The molecule has 2 bridgehead atoms. The van der Waals surface area contributed by atoms with Gasteiger partial charge in [0, 0.05) is 16.0 Å². The third kappa shape index (κ3) is 2.91. The monoisotopic (exact) mass is 508 g/mol. The number of nitrogens with zero attached hydrogens (tertiary/aromatic N) is 1. The number of nitrogens with one attached hydrogen (secondary N) is 1. The number of imide groups is 1. The number of ether oxygens (including phenoxy) is 1. The van der Waals surface area contributed by atoms with Gasteiger partial charge in [-0.25, -0.2) is 4.39 Å². The van der Waals surface area contributed by atoms with E-state index in [1.54, 1.807) is 55.3 Å². The van der Waals surface area contributed by atoms with Crippen LogP contribution in [0.3, 0.4) is 0 Å². The molecule has 3 fully saturated rings. The maximum atomic E-state index is 13.7. The van der Waals surface area contributed by atoms with Crippen LogP contribution < -0.4 is 14.5 Å². The Morgan fingerprint density at radius 3 is 2.34 bits per heavy atom. The van der Waals surface area contributed by atoms with Gasteiger partial charge in [0.05, 0.1) is 29.7 Å². The number of thioether (sulfide) groups is 1. The molecule has 4 aliphatic rings. The van der Waals surface area contributed by atoms with Crippen molar-refractivity contribution in [1.29, 1.82) is 0 Å². The summed E-state index contributed by atoms with van der Waals surface area (Å²) in [6, 6.07) is 13.5. The van der Waals surface area contributed by atoms with Gasteiger partial charge in [-0.2, -0.15) is 0 Å². The Hall–Kier alpha value is -2.91. The summed E-state index contributed by atoms with van der Waals surface area (Å²) in [4.78, 5) is 44.8. The predicted octanol–water partition coefficient (Wildman–Crippen LogP) is 4.26. The van der Waals surface area contributed by atoms with E-state index in [-0.39, 0.29) is 63.3 Å². The van der Waals surface area contributed by atoms with Crippen molar-refractivity contribution in [2.45, 2.75) is 22.6 Å². The van der Waals surface area contributed by atoms with Gasteiger partial charge in [0.25, 0.3) is 0 Å². The van der Waals surface area contributed by atoms with E-state index in [9.17, 15) is 18.8 Å². The Balaban J connectivity index is 1.30. The second-order valence-electron chi connectivity index (χ2n) is 9.72. The number of hydrogen-bond acceptors (Lipinski definition) is 6. The molecule has 0 spiro atoms. The Labute approximate surface area is 208 Å². The van der Waals surface area contributed by atoms with Crippen molar-refractivity contribution in [2.75, 3.05) is 12.0 Å². The Bertz CT molecular complexity index is 1420. The van der Waals surface area contributed by atoms with Crippen LogP contribution >= 0.6 is 23.1 Å². The number of aromatic amines is 1. The van der Waals surface area contributed by atoms with Crippen LogP contribution in [0.25, 0.3) is 0 Å². The number of methoxy groups -OCH3 is 1. The molecule has 3 heterocycles. The van der Waals surface area contributed by atoms with E-state index in [0.29, 0.717) is 11.4 Å². The lowest BCUT2D eigenvalue weighted by atomic mass is 9.68. The summed E-state index contributed by atoms with van der Waals surface area (Å²) in [6.45, 7) is 0. The Morgan fingerprint density at radius 1 is 0.971 bits per heavy atom. The number of hydrogen-bond donors (Lipinski definition) is 1. The summed E-state index contributed by atoms with van der Waals surface area (Å²) in [5, 5.41) is 0.963. The molecule has 2 aliphatic heterocycles. The van der Waals surface area contributed by atoms with Gasteiger partial charge in [-0.05, 0) is 66.1 Å². The highest BCUT2D eigenvalue weighted by Gasteiger charge is 2.69. The number of anilines is 1. The van der Waals surface area contributed by atoms with E-state index in [1.807, 2.05) is 0 Å². The van der Waals surface area contributed by atoms with Gasteiger partial charge in [-0.1, -0.05) is 23.5 Å². The van der Waals surface area contributed by atoms with Crippen molar-refractivity contribution in [1.82, 2.24) is 4.98 Å². The highest BCUT2D eigenvalue weighted by Crippen LogP contribution is 2.68. The van der Waals surface area contributed by atoms with Gasteiger partial charge in [0.1, 0.15) is 11.6 Å². The van der Waals surface area contributed by atoms with Crippen molar-refractivity contribution in [3.8, 4) is 5.75 Å². The minimum absolute atomic E-state index is 0.0302. The molecule has 7 rings (SSSR count). The Kier molecular flexibility index (Phi) is 4.61. The first-order valence-electron chi connectivity index (χ1n) is 11.6. The minimum atomic E-state index is -0.364. The van der Waals surface area contributed by atoms with Gasteiger partial charge in [-0.15, -0.1) is 11.8 Å². The van der Waals surface area contributed by atoms with Gasteiger partial charge >= 0.3 is 4.87 Å². The van der Waals surface area contributed by atoms with Crippen LogP contribution in [0.5, 0.6) is 5.75 Å². The summed E-state index contributed by atoms with van der Waals surface area (Å²) in [7, 11) is 1.58. The summed E-state index contributed by atoms with van der Waals surface area (Å²) < 4.78 is 19.0. The predicted molar refractivity (Wildman–Crippen MR) is 130 cm³/mol. The molecule has 2 aliphatic carbocycles. The number of H-pyrrole nitrogens is 1. The molecule has 9 heteroatoms. The third-order valence-electron chi connectivity index (χ3n) is 8.28. The fraction of sp³-hybridized carbons (Fsp3) is 0.346. The molecule has 1 saturated heterocycles. The quantitative estimate of drug-likeness (QED) is 0.535. The van der Waals surface area contributed by atoms with Crippen LogP contribution in [0.4, 0.5) is 10.1 Å². The first-order valence-corrected chi connectivity index (χ1v) is 13.3. The van der Waals surface area contributed by atoms with Crippen molar-refractivity contribution in [3.05, 3.63) is 74.5 Å². The van der Waals surface area contributed by atoms with Gasteiger partial charge in [-0.3, -0.25) is 19.3 Å². The number of carbonyl (C=O) groups excluding carboxylic acids is 2. The van der Waals surface area contributed by atoms with E-state index in [0.717, 1.165) is 21.9 Å². The number of amides is 2. The lowest BCUT2D eigenvalue weighted by Gasteiger charge is -2.43. The van der Waals surface area contributed by atoms with Gasteiger partial charge in [0.15, 0.2) is 0 Å². The summed E-state index contributed by atoms with van der Waals surface area (Å²) in [6.07, 6.45) is 0.822. The smallest absolute Gasteiger partial charge is 0.305 e. The molecule has 2 aromatic carbocycles. The van der Waals surface area contributed by atoms with Crippen LogP contribution in [0.2, 0.25) is 0 Å². The summed E-state index contributed by atoms with van der Waals surface area (Å²) in [5.41, 5.74) is 1.52. The second-order valence-corrected chi connectivity index (χ2v) is 11.9. The van der Waals surface area contributed by atoms with Crippen LogP contribution in [-0.4, -0.2) is 29.2 Å². The lowest BCUT2D eigenvalue weighted by molar-refractivity contribution is -0.123. The van der Waals surface area contributed by atoms with E-state index in [1.165, 1.54) is 28.4 Å². The fourth-order valence-electron chi connectivity index (χ4n) is 7.05. The molecule has 6 nitrogen and oxygen atoms in total. The zero-order valence-corrected chi connectivity index (χ0v) is 20.3. The molecule has 2 amide bonds. The van der Waals surface area contributed by atoms with Crippen molar-refractivity contribution >= 4 is 40.6 Å². The van der Waals surface area contributed by atoms with Gasteiger partial charge in [0.2, 0.25) is 11.8 Å². The molecule has 178 valence electrons. The number of carbonyl (C=O) groups is 2. The van der Waals surface area contributed by atoms with Crippen LogP contribution in [-0.2, 0) is 9.59 Å². The second kappa shape index (κ2) is 7.54. The normalized spacial score (nSPS) is 32.5. The number of benzene rings is 2. The summed E-state index contributed by atoms with van der Waals surface area (Å²) in [5.74, 6) is -0.525. The first kappa shape index (κ1) is 21.4. The lowest BCUT2D eigenvalue weighted by Crippen LogP contribution is -2.42. The largest absolute Gasteiger partial charge is 0.497 e. The van der Waals surface area contributed by atoms with Crippen molar-refractivity contribution in [2.24, 2.45) is 29.6 Å². The molecule has 1 N–H and O–H groups in total. The minimum Gasteiger partial charge on any atom is -0.497 e. The van der Waals surface area contributed by atoms with E-state index >= 15 is 0 Å². The fourth-order valence-corrected chi connectivity index (χ4v) is 9.93. The van der Waals surface area contributed by atoms with E-state index in [2.05, 4.69) is 4.98 Å². The SMILES string of the molecule is COc1ccc(N2C(=O)[C@@H]3[C@H]4C[C@@H]([C@@H]3C2=O)[C@@H]2[C@H](c3ccc(F)cc3)c3sc(=O)[nH]c3S[C@H]42)cc1. The van der Waals surface area contributed by atoms with Crippen molar-refractivity contribution < 1.29 is 18.7 Å². The average Bonchev–Trinajstić information content (AvgIpc) is 3.59. The molecule has 7 atom stereocenters. The topological polar surface area (TPSA) is 79.5 Å². The molecule has 1 aromatic heterocycles. The molecule has 0 radical (unpaired) electrons. The maximum absolute atomic E-state index is 13.7. The standard InChI is InChI=1S/C26H21FN2O4S2/c1-33-14-8-6-13(7-9-14)29-24(30)19-15-10-16(20(19)25(29)31)21-18(15)17(11-2-4-12(27)5-3-11)22-23(34-21)28-26(32)35-22/h2-9,15-21H,10H2,1H3,(H,28,32)/t15-,16-,17+,18-,19+,20-,21-/m1/s1. The Morgan fingerprint density at radius 2 is 1.66 bits per heavy atom. The molecule has 35 heavy (non-hydrogen) atoms. The zero-order valence-electron chi connectivity index (χ0n) is 18.6. The highest BCUT2D eigenvalue weighted by atomic mass is 32.2. The number of thiazole rings is 1. The van der Waals surface area contributed by atoms with Crippen LogP contribution in [0, 0.1) is 35.4 Å². The third-order valence-corrected chi connectivity index (χ3v) is 10.9. The van der Waals surface area contributed by atoms with Crippen LogP contribution in [0.15, 0.2) is 58.4 Å². The highest BCUT2D eigenvalue weighted by molar-refractivity contribution is 8.00. The van der Waals surface area contributed by atoms with E-state index in [4.69, 9.17) is 4.74 Å². The van der Waals surface area contributed by atoms with Crippen molar-refractivity contribution in [3.63, 3.8) is 0 Å². The molecule has 2 saturated carbocycles. The van der Waals surface area contributed by atoms with E-state index < -0.39 is 0 Å². The number of fused-ring (bicyclic) bond motifs is 9. The molecule has 3 aromatic rings. The van der Waals surface area contributed by atoms with Gasteiger partial charge < -0.3 is 9.72 Å². The molecule has 0 unspecified atom stereocenters. The number of rotatable bonds is 3. The molecular weight excluding hydrogens is 487 g/mol. The number of halogens is 1. The summed E-state index contributed by atoms with van der Waals surface area (Å²) >= 11 is 2.85.